The predicted octanol–water partition coefficient (Wildman–Crippen LogP) is 3.79. The van der Waals surface area contributed by atoms with Gasteiger partial charge in [-0.3, -0.25) is 9.59 Å². The van der Waals surface area contributed by atoms with Gasteiger partial charge >= 0.3 is 5.97 Å². The number of carboxylic acids is 1. The molecule has 1 saturated carbocycles. The average Bonchev–Trinajstić information content (AvgIpc) is 3.35. The van der Waals surface area contributed by atoms with Crippen LogP contribution in [0.1, 0.15) is 51.5 Å². The lowest BCUT2D eigenvalue weighted by Crippen LogP contribution is -2.61. The molecule has 6 nitrogen and oxygen atoms in total. The summed E-state index contributed by atoms with van der Waals surface area (Å²) >= 11 is 5.96. The smallest absolute Gasteiger partial charge is 0.326 e. The molecule has 3 N–H and O–H groups in total. The van der Waals surface area contributed by atoms with E-state index in [0.717, 1.165) is 28.5 Å². The molecule has 1 aliphatic carbocycles. The van der Waals surface area contributed by atoms with Crippen LogP contribution >= 0.6 is 24.0 Å². The second kappa shape index (κ2) is 10.0. The molecular weight excluding hydrogens is 432 g/mol. The van der Waals surface area contributed by atoms with Gasteiger partial charge in [0.15, 0.2) is 0 Å². The molecule has 31 heavy (non-hydrogen) atoms. The SMILES string of the molecule is CC(C)CC(S)C(=O)NC1(C(=O)NC(Cc2csc3ccccc23)C(=O)O)CCCC1. The van der Waals surface area contributed by atoms with Crippen molar-refractivity contribution in [2.75, 3.05) is 0 Å². The summed E-state index contributed by atoms with van der Waals surface area (Å²) in [6.07, 6.45) is 3.41. The van der Waals surface area contributed by atoms with Crippen LogP contribution < -0.4 is 10.6 Å². The van der Waals surface area contributed by atoms with E-state index in [1.54, 1.807) is 11.3 Å². The first-order valence-electron chi connectivity index (χ1n) is 10.7. The lowest BCUT2D eigenvalue weighted by atomic mass is 9.94. The summed E-state index contributed by atoms with van der Waals surface area (Å²) in [7, 11) is 0. The molecule has 0 saturated heterocycles. The molecule has 2 aromatic rings. The number of hydrogen-bond acceptors (Lipinski definition) is 5. The van der Waals surface area contributed by atoms with Crippen molar-refractivity contribution in [2.24, 2.45) is 5.92 Å². The number of benzene rings is 1. The van der Waals surface area contributed by atoms with E-state index in [1.807, 2.05) is 43.5 Å². The van der Waals surface area contributed by atoms with Crippen LogP contribution in [0.5, 0.6) is 0 Å². The number of rotatable bonds is 9. The molecule has 8 heteroatoms. The van der Waals surface area contributed by atoms with Crippen LogP contribution in [0.2, 0.25) is 0 Å². The highest BCUT2D eigenvalue weighted by atomic mass is 32.1. The second-order valence-corrected chi connectivity index (χ2v) is 10.3. The van der Waals surface area contributed by atoms with Crippen molar-refractivity contribution in [2.45, 2.75) is 69.2 Å². The van der Waals surface area contributed by atoms with Crippen LogP contribution in [-0.2, 0) is 20.8 Å². The number of thiol groups is 1. The van der Waals surface area contributed by atoms with Gasteiger partial charge < -0.3 is 15.7 Å². The normalized spacial score (nSPS) is 17.4. The van der Waals surface area contributed by atoms with E-state index in [2.05, 4.69) is 23.3 Å². The Bertz CT molecular complexity index is 950. The Labute approximate surface area is 192 Å². The fourth-order valence-electron chi connectivity index (χ4n) is 4.17. The number of carbonyl (C=O) groups is 3. The number of amides is 2. The minimum Gasteiger partial charge on any atom is -0.480 e. The van der Waals surface area contributed by atoms with Crippen LogP contribution in [-0.4, -0.2) is 39.7 Å². The number of carboxylic acid groups (broad SMARTS) is 1. The highest BCUT2D eigenvalue weighted by Gasteiger charge is 2.44. The van der Waals surface area contributed by atoms with Gasteiger partial charge in [-0.2, -0.15) is 12.6 Å². The standard InChI is InChI=1S/C23H30N2O4S2/c1-14(2)11-18(30)20(26)25-23(9-5-6-10-23)22(29)24-17(21(27)28)12-15-13-31-19-8-4-3-7-16(15)19/h3-4,7-8,13-14,17-18,30H,5-6,9-12H2,1-2H3,(H,24,29)(H,25,26)(H,27,28). The third-order valence-electron chi connectivity index (χ3n) is 5.84. The monoisotopic (exact) mass is 462 g/mol. The van der Waals surface area contributed by atoms with E-state index in [4.69, 9.17) is 0 Å². The fourth-order valence-corrected chi connectivity index (χ4v) is 5.63. The Morgan fingerprint density at radius 3 is 2.52 bits per heavy atom. The summed E-state index contributed by atoms with van der Waals surface area (Å²) in [6.45, 7) is 4.03. The van der Waals surface area contributed by atoms with Crippen LogP contribution in [0.15, 0.2) is 29.6 Å². The molecule has 1 fully saturated rings. The first kappa shape index (κ1) is 23.6. The molecule has 1 aromatic carbocycles. The molecule has 2 unspecified atom stereocenters. The lowest BCUT2D eigenvalue weighted by molar-refractivity contribution is -0.143. The van der Waals surface area contributed by atoms with Crippen molar-refractivity contribution in [3.8, 4) is 0 Å². The first-order chi connectivity index (χ1) is 14.7. The lowest BCUT2D eigenvalue weighted by Gasteiger charge is -2.31. The van der Waals surface area contributed by atoms with Crippen molar-refractivity contribution in [3.05, 3.63) is 35.2 Å². The largest absolute Gasteiger partial charge is 0.480 e. The minimum atomic E-state index is -1.09. The molecule has 0 aliphatic heterocycles. The zero-order chi connectivity index (χ0) is 22.6. The minimum absolute atomic E-state index is 0.192. The Kier molecular flexibility index (Phi) is 7.64. The van der Waals surface area contributed by atoms with Gasteiger partial charge in [0, 0.05) is 11.1 Å². The number of thiophene rings is 1. The van der Waals surface area contributed by atoms with Crippen LogP contribution in [0.3, 0.4) is 0 Å². The Balaban J connectivity index is 1.74. The van der Waals surface area contributed by atoms with Crippen molar-refractivity contribution in [1.29, 1.82) is 0 Å². The summed E-state index contributed by atoms with van der Waals surface area (Å²) in [6, 6.07) is 6.75. The van der Waals surface area contributed by atoms with Gasteiger partial charge in [-0.15, -0.1) is 11.3 Å². The van der Waals surface area contributed by atoms with Gasteiger partial charge in [-0.25, -0.2) is 4.79 Å². The van der Waals surface area contributed by atoms with Crippen molar-refractivity contribution < 1.29 is 19.5 Å². The Hall–Kier alpha value is -2.06. The molecule has 0 spiro atoms. The van der Waals surface area contributed by atoms with E-state index in [-0.39, 0.29) is 12.3 Å². The molecule has 3 rings (SSSR count). The zero-order valence-electron chi connectivity index (χ0n) is 17.9. The van der Waals surface area contributed by atoms with Gasteiger partial charge in [-0.1, -0.05) is 44.9 Å². The third kappa shape index (κ3) is 5.60. The maximum absolute atomic E-state index is 13.2. The van der Waals surface area contributed by atoms with Gasteiger partial charge in [0.2, 0.25) is 11.8 Å². The molecule has 1 heterocycles. The van der Waals surface area contributed by atoms with Crippen molar-refractivity contribution >= 4 is 51.8 Å². The molecule has 168 valence electrons. The molecular formula is C23H30N2O4S2. The first-order valence-corrected chi connectivity index (χ1v) is 12.1. The van der Waals surface area contributed by atoms with Gasteiger partial charge in [0.25, 0.3) is 0 Å². The maximum Gasteiger partial charge on any atom is 0.326 e. The summed E-state index contributed by atoms with van der Waals surface area (Å²) in [4.78, 5) is 37.9. The second-order valence-electron chi connectivity index (χ2n) is 8.75. The van der Waals surface area contributed by atoms with Gasteiger partial charge in [0.05, 0.1) is 5.25 Å². The summed E-state index contributed by atoms with van der Waals surface area (Å²) in [5.74, 6) is -1.48. The van der Waals surface area contributed by atoms with E-state index >= 15 is 0 Å². The quantitative estimate of drug-likeness (QED) is 0.427. The highest BCUT2D eigenvalue weighted by molar-refractivity contribution is 7.81. The highest BCUT2D eigenvalue weighted by Crippen LogP contribution is 2.31. The maximum atomic E-state index is 13.2. The number of fused-ring (bicyclic) bond motifs is 1. The molecule has 1 aliphatic rings. The summed E-state index contributed by atoms with van der Waals surface area (Å²) < 4.78 is 1.08. The summed E-state index contributed by atoms with van der Waals surface area (Å²) in [5, 5.41) is 17.8. The number of hydrogen-bond donors (Lipinski definition) is 4. The topological polar surface area (TPSA) is 95.5 Å². The zero-order valence-corrected chi connectivity index (χ0v) is 19.6. The Morgan fingerprint density at radius 1 is 1.19 bits per heavy atom. The van der Waals surface area contributed by atoms with E-state index in [9.17, 15) is 19.5 Å². The average molecular weight is 463 g/mol. The molecule has 1 aromatic heterocycles. The van der Waals surface area contributed by atoms with Crippen LogP contribution in [0.25, 0.3) is 10.1 Å². The Morgan fingerprint density at radius 2 is 1.87 bits per heavy atom. The van der Waals surface area contributed by atoms with Gasteiger partial charge in [0.1, 0.15) is 11.6 Å². The molecule has 0 bridgehead atoms. The van der Waals surface area contributed by atoms with Crippen LogP contribution in [0, 0.1) is 5.92 Å². The summed E-state index contributed by atoms with van der Waals surface area (Å²) in [5.41, 5.74) is -0.176. The van der Waals surface area contributed by atoms with Crippen molar-refractivity contribution in [3.63, 3.8) is 0 Å². The van der Waals surface area contributed by atoms with E-state index in [1.165, 1.54) is 0 Å². The predicted molar refractivity (Wildman–Crippen MR) is 127 cm³/mol. The number of aliphatic carboxylic acids is 1. The van der Waals surface area contributed by atoms with Crippen molar-refractivity contribution in [1.82, 2.24) is 10.6 Å². The van der Waals surface area contributed by atoms with Crippen LogP contribution in [0.4, 0.5) is 0 Å². The molecule has 2 atom stereocenters. The molecule has 2 amide bonds. The fraction of sp³-hybridized carbons (Fsp3) is 0.522. The number of nitrogens with one attached hydrogen (secondary N) is 2. The third-order valence-corrected chi connectivity index (χ3v) is 7.30. The van der Waals surface area contributed by atoms with Gasteiger partial charge in [-0.05, 0) is 47.6 Å². The van der Waals surface area contributed by atoms with E-state index < -0.39 is 28.7 Å². The number of carbonyl (C=O) groups excluding carboxylic acids is 2. The van der Waals surface area contributed by atoms with E-state index in [0.29, 0.717) is 25.2 Å². The molecule has 0 radical (unpaired) electrons.